The number of carbonyl (C=O) groups is 2. The molecule has 2 saturated carbocycles. The van der Waals surface area contributed by atoms with Crippen molar-refractivity contribution in [1.29, 1.82) is 0 Å². The van der Waals surface area contributed by atoms with Gasteiger partial charge in [-0.3, -0.25) is 9.59 Å². The quantitative estimate of drug-likeness (QED) is 0.415. The van der Waals surface area contributed by atoms with E-state index in [1.54, 1.807) is 0 Å². The molecule has 0 N–H and O–H groups in total. The molecule has 0 aromatic rings. The summed E-state index contributed by atoms with van der Waals surface area (Å²) in [6.45, 7) is 4.82. The average Bonchev–Trinajstić information content (AvgIpc) is 3.45. The van der Waals surface area contributed by atoms with Crippen LogP contribution in [-0.4, -0.2) is 48.6 Å². The zero-order chi connectivity index (χ0) is 17.7. The third-order valence-electron chi connectivity index (χ3n) is 6.49. The van der Waals surface area contributed by atoms with Crippen molar-refractivity contribution >= 4 is 11.9 Å². The van der Waals surface area contributed by atoms with Crippen molar-refractivity contribution in [3.05, 3.63) is 0 Å². The number of hydrogen-bond acceptors (Lipinski definition) is 6. The van der Waals surface area contributed by atoms with Gasteiger partial charge in [0, 0.05) is 6.42 Å². The molecule has 0 bridgehead atoms. The molecule has 2 aliphatic carbocycles. The monoisotopic (exact) mass is 352 g/mol. The molecule has 0 aromatic carbocycles. The van der Waals surface area contributed by atoms with Crippen molar-refractivity contribution in [3.63, 3.8) is 0 Å². The second-order valence-corrected chi connectivity index (χ2v) is 8.47. The van der Waals surface area contributed by atoms with E-state index >= 15 is 0 Å². The van der Waals surface area contributed by atoms with Gasteiger partial charge in [0.2, 0.25) is 0 Å². The van der Waals surface area contributed by atoms with Crippen LogP contribution in [0.5, 0.6) is 0 Å². The van der Waals surface area contributed by atoms with Gasteiger partial charge < -0.3 is 18.9 Å². The highest BCUT2D eigenvalue weighted by atomic mass is 16.6. The van der Waals surface area contributed by atoms with Crippen LogP contribution in [0.4, 0.5) is 0 Å². The number of ether oxygens (including phenoxy) is 4. The van der Waals surface area contributed by atoms with Crippen molar-refractivity contribution < 1.29 is 28.5 Å². The molecule has 25 heavy (non-hydrogen) atoms. The van der Waals surface area contributed by atoms with Crippen molar-refractivity contribution in [2.45, 2.75) is 82.2 Å². The smallest absolute Gasteiger partial charge is 0.309 e. The number of rotatable bonds is 6. The molecule has 6 atom stereocenters. The van der Waals surface area contributed by atoms with Crippen LogP contribution in [0.1, 0.15) is 58.8 Å². The lowest BCUT2D eigenvalue weighted by Gasteiger charge is -2.21. The third-order valence-corrected chi connectivity index (χ3v) is 6.49. The fraction of sp³-hybridized carbons (Fsp3) is 0.895. The SMILES string of the molecule is CC12CCC(C(=O)OCCCOC(=O)C3CCC4(C)O[C@H]4C3)CC1O2. The van der Waals surface area contributed by atoms with Crippen molar-refractivity contribution in [1.82, 2.24) is 0 Å². The lowest BCUT2D eigenvalue weighted by Crippen LogP contribution is -2.29. The summed E-state index contributed by atoms with van der Waals surface area (Å²) in [4.78, 5) is 24.2. The standard InChI is InChI=1S/C19H28O6/c1-18-6-4-12(10-14(18)24-18)16(20)22-8-3-9-23-17(21)13-5-7-19(2)15(11-13)25-19/h12-15H,3-11H2,1-2H3/t12?,13?,14-,15?,18?,19?/m0/s1. The molecular formula is C19H28O6. The first-order chi connectivity index (χ1) is 11.9. The van der Waals surface area contributed by atoms with E-state index in [0.717, 1.165) is 38.5 Å². The number of carbonyl (C=O) groups excluding carboxylic acids is 2. The van der Waals surface area contributed by atoms with Crippen LogP contribution in [0.3, 0.4) is 0 Å². The Morgan fingerprint density at radius 2 is 1.32 bits per heavy atom. The molecule has 5 unspecified atom stereocenters. The second kappa shape index (κ2) is 6.23. The summed E-state index contributed by atoms with van der Waals surface area (Å²) < 4.78 is 21.9. The minimum absolute atomic E-state index is 0.0209. The fourth-order valence-electron chi connectivity index (χ4n) is 4.36. The van der Waals surface area contributed by atoms with Gasteiger partial charge in [-0.05, 0) is 52.4 Å². The van der Waals surface area contributed by atoms with Gasteiger partial charge in [0.05, 0.1) is 48.5 Å². The van der Waals surface area contributed by atoms with E-state index in [1.165, 1.54) is 0 Å². The maximum Gasteiger partial charge on any atom is 0.309 e. The molecule has 0 aromatic heterocycles. The molecule has 4 rings (SSSR count). The minimum atomic E-state index is -0.138. The maximum absolute atomic E-state index is 12.1. The summed E-state index contributed by atoms with van der Waals surface area (Å²) >= 11 is 0. The van der Waals surface area contributed by atoms with E-state index < -0.39 is 0 Å². The Morgan fingerprint density at radius 3 is 1.72 bits per heavy atom. The average molecular weight is 352 g/mol. The Hall–Kier alpha value is -1.14. The first kappa shape index (κ1) is 17.3. The van der Waals surface area contributed by atoms with Crippen LogP contribution >= 0.6 is 0 Å². The van der Waals surface area contributed by atoms with Crippen LogP contribution in [0, 0.1) is 11.8 Å². The van der Waals surface area contributed by atoms with Gasteiger partial charge in [0.25, 0.3) is 0 Å². The summed E-state index contributed by atoms with van der Waals surface area (Å²) in [6.07, 6.45) is 6.09. The predicted octanol–water partition coefficient (Wildman–Crippen LogP) is 2.38. The second-order valence-electron chi connectivity index (χ2n) is 8.47. The molecule has 6 heteroatoms. The molecule has 0 radical (unpaired) electrons. The van der Waals surface area contributed by atoms with Gasteiger partial charge in [0.1, 0.15) is 0 Å². The van der Waals surface area contributed by atoms with Crippen LogP contribution in [0.2, 0.25) is 0 Å². The Morgan fingerprint density at radius 1 is 0.880 bits per heavy atom. The number of fused-ring (bicyclic) bond motifs is 2. The highest BCUT2D eigenvalue weighted by Crippen LogP contribution is 2.50. The first-order valence-corrected chi connectivity index (χ1v) is 9.58. The zero-order valence-electron chi connectivity index (χ0n) is 15.1. The molecule has 6 nitrogen and oxygen atoms in total. The van der Waals surface area contributed by atoms with Gasteiger partial charge in [0.15, 0.2) is 0 Å². The number of epoxide rings is 2. The lowest BCUT2D eigenvalue weighted by atomic mass is 9.83. The van der Waals surface area contributed by atoms with E-state index in [0.29, 0.717) is 19.6 Å². The van der Waals surface area contributed by atoms with E-state index in [-0.39, 0.29) is 47.2 Å². The van der Waals surface area contributed by atoms with Crippen LogP contribution in [-0.2, 0) is 28.5 Å². The number of hydrogen-bond donors (Lipinski definition) is 0. The maximum atomic E-state index is 12.1. The van der Waals surface area contributed by atoms with Gasteiger partial charge in [-0.2, -0.15) is 0 Å². The Labute approximate surface area is 148 Å². The summed E-state index contributed by atoms with van der Waals surface area (Å²) in [5, 5.41) is 0. The van der Waals surface area contributed by atoms with E-state index in [9.17, 15) is 9.59 Å². The summed E-state index contributed by atoms with van der Waals surface area (Å²) in [6, 6.07) is 0. The molecule has 140 valence electrons. The molecule has 0 spiro atoms. The largest absolute Gasteiger partial charge is 0.465 e. The predicted molar refractivity (Wildman–Crippen MR) is 87.8 cm³/mol. The summed E-state index contributed by atoms with van der Waals surface area (Å²) in [7, 11) is 0. The van der Waals surface area contributed by atoms with Gasteiger partial charge in [-0.15, -0.1) is 0 Å². The summed E-state index contributed by atoms with van der Waals surface area (Å²) in [5.74, 6) is -0.362. The zero-order valence-corrected chi connectivity index (χ0v) is 15.1. The number of esters is 2. The van der Waals surface area contributed by atoms with Crippen LogP contribution in [0.25, 0.3) is 0 Å². The third kappa shape index (κ3) is 3.56. The Balaban J connectivity index is 1.08. The van der Waals surface area contributed by atoms with Crippen LogP contribution < -0.4 is 0 Å². The molecule has 2 saturated heterocycles. The highest BCUT2D eigenvalue weighted by Gasteiger charge is 2.57. The Bertz CT molecular complexity index is 514. The summed E-state index contributed by atoms with van der Waals surface area (Å²) in [5.41, 5.74) is 0.0418. The first-order valence-electron chi connectivity index (χ1n) is 9.58. The van der Waals surface area contributed by atoms with Gasteiger partial charge in [-0.25, -0.2) is 0 Å². The van der Waals surface area contributed by atoms with Crippen LogP contribution in [0.15, 0.2) is 0 Å². The molecule has 2 aliphatic heterocycles. The lowest BCUT2D eigenvalue weighted by molar-refractivity contribution is -0.152. The molecular weight excluding hydrogens is 324 g/mol. The Kier molecular flexibility index (Phi) is 4.31. The molecule has 2 heterocycles. The highest BCUT2D eigenvalue weighted by molar-refractivity contribution is 5.73. The molecule has 0 amide bonds. The van der Waals surface area contributed by atoms with Crippen molar-refractivity contribution in [3.8, 4) is 0 Å². The normalized spacial score (nSPS) is 44.2. The van der Waals surface area contributed by atoms with Gasteiger partial charge >= 0.3 is 11.9 Å². The topological polar surface area (TPSA) is 77.7 Å². The van der Waals surface area contributed by atoms with Crippen molar-refractivity contribution in [2.75, 3.05) is 13.2 Å². The molecule has 4 aliphatic rings. The van der Waals surface area contributed by atoms with Crippen molar-refractivity contribution in [2.24, 2.45) is 11.8 Å². The minimum Gasteiger partial charge on any atom is -0.465 e. The fourth-order valence-corrected chi connectivity index (χ4v) is 4.36. The van der Waals surface area contributed by atoms with E-state index in [1.807, 2.05) is 0 Å². The van der Waals surface area contributed by atoms with E-state index in [2.05, 4.69) is 13.8 Å². The van der Waals surface area contributed by atoms with E-state index in [4.69, 9.17) is 18.9 Å². The van der Waals surface area contributed by atoms with Gasteiger partial charge in [-0.1, -0.05) is 0 Å². The molecule has 4 fully saturated rings.